The average molecular weight is 205 g/mol. The van der Waals surface area contributed by atoms with Crippen LogP contribution in [0.2, 0.25) is 0 Å². The van der Waals surface area contributed by atoms with Crippen molar-refractivity contribution in [3.05, 3.63) is 17.3 Å². The zero-order valence-electron chi connectivity index (χ0n) is 7.52. The first kappa shape index (κ1) is 8.91. The fourth-order valence-electron chi connectivity index (χ4n) is 1.10. The van der Waals surface area contributed by atoms with Crippen LogP contribution >= 0.6 is 11.3 Å². The molecule has 2 rings (SSSR count). The van der Waals surface area contributed by atoms with Crippen molar-refractivity contribution in [2.75, 3.05) is 7.11 Å². The van der Waals surface area contributed by atoms with Gasteiger partial charge in [-0.25, -0.2) is 9.97 Å². The Bertz CT molecular complexity index is 500. The monoisotopic (exact) mass is 205 g/mol. The van der Waals surface area contributed by atoms with Crippen LogP contribution in [-0.2, 0) is 6.42 Å². The Labute approximate surface area is 84.8 Å². The summed E-state index contributed by atoms with van der Waals surface area (Å²) in [6, 6.07) is 3.88. The summed E-state index contributed by atoms with van der Waals surface area (Å²) in [4.78, 5) is 9.28. The predicted molar refractivity (Wildman–Crippen MR) is 53.3 cm³/mol. The molecule has 0 atom stereocenters. The zero-order valence-corrected chi connectivity index (χ0v) is 8.34. The Morgan fingerprint density at radius 2 is 2.50 bits per heavy atom. The molecule has 0 N–H and O–H groups in total. The number of methoxy groups -OCH3 is 1. The molecule has 0 spiro atoms. The Hall–Kier alpha value is -1.67. The van der Waals surface area contributed by atoms with Gasteiger partial charge < -0.3 is 4.74 Å². The van der Waals surface area contributed by atoms with Crippen molar-refractivity contribution < 1.29 is 4.74 Å². The van der Waals surface area contributed by atoms with Crippen molar-refractivity contribution >= 4 is 21.7 Å². The quantitative estimate of drug-likeness (QED) is 0.749. The number of nitriles is 1. The lowest BCUT2D eigenvalue weighted by Gasteiger charge is -1.95. The smallest absolute Gasteiger partial charge is 0.143 e. The van der Waals surface area contributed by atoms with E-state index in [0.717, 1.165) is 15.4 Å². The summed E-state index contributed by atoms with van der Waals surface area (Å²) in [5.41, 5.74) is 0.791. The van der Waals surface area contributed by atoms with E-state index in [-0.39, 0.29) is 0 Å². The van der Waals surface area contributed by atoms with Crippen molar-refractivity contribution in [2.45, 2.75) is 6.42 Å². The second kappa shape index (κ2) is 3.60. The summed E-state index contributed by atoms with van der Waals surface area (Å²) in [5.74, 6) is 0.686. The molecule has 2 heterocycles. The van der Waals surface area contributed by atoms with Crippen molar-refractivity contribution in [2.24, 2.45) is 0 Å². The van der Waals surface area contributed by atoms with Gasteiger partial charge in [-0.2, -0.15) is 5.26 Å². The lowest BCUT2D eigenvalue weighted by molar-refractivity contribution is 0.413. The molecule has 0 amide bonds. The SMILES string of the molecule is COc1cnc2sc(CC#N)nc2c1. The third-order valence-electron chi connectivity index (χ3n) is 1.73. The number of ether oxygens (including phenoxy) is 1. The van der Waals surface area contributed by atoms with Gasteiger partial charge in [-0.3, -0.25) is 0 Å². The van der Waals surface area contributed by atoms with E-state index in [1.165, 1.54) is 11.3 Å². The summed E-state index contributed by atoms with van der Waals surface area (Å²) < 4.78 is 5.03. The van der Waals surface area contributed by atoms with Gasteiger partial charge in [0.2, 0.25) is 0 Å². The maximum atomic E-state index is 8.52. The number of nitrogens with zero attached hydrogens (tertiary/aromatic N) is 3. The third kappa shape index (κ3) is 1.52. The molecular weight excluding hydrogens is 198 g/mol. The Kier molecular flexibility index (Phi) is 2.29. The fraction of sp³-hybridized carbons (Fsp3) is 0.222. The molecule has 0 bridgehead atoms. The molecule has 4 nitrogen and oxygen atoms in total. The lowest BCUT2D eigenvalue weighted by atomic mass is 10.4. The minimum absolute atomic E-state index is 0.337. The Morgan fingerprint density at radius 3 is 3.21 bits per heavy atom. The molecule has 0 radical (unpaired) electrons. The molecule has 2 aromatic heterocycles. The molecular formula is C9H7N3OS. The van der Waals surface area contributed by atoms with Gasteiger partial charge >= 0.3 is 0 Å². The average Bonchev–Trinajstić information content (AvgIpc) is 2.59. The number of thiazole rings is 1. The second-order valence-electron chi connectivity index (χ2n) is 2.64. The normalized spacial score (nSPS) is 10.0. The van der Waals surface area contributed by atoms with E-state index in [4.69, 9.17) is 10.00 Å². The van der Waals surface area contributed by atoms with Gasteiger partial charge in [-0.15, -0.1) is 0 Å². The molecule has 0 aliphatic heterocycles. The maximum Gasteiger partial charge on any atom is 0.143 e. The van der Waals surface area contributed by atoms with E-state index in [2.05, 4.69) is 16.0 Å². The minimum Gasteiger partial charge on any atom is -0.495 e. The Balaban J connectivity index is 2.50. The number of pyridine rings is 1. The molecule has 0 saturated heterocycles. The summed E-state index contributed by atoms with van der Waals surface area (Å²) in [5, 5.41) is 9.31. The van der Waals surface area contributed by atoms with Crippen LogP contribution < -0.4 is 4.74 Å². The third-order valence-corrected chi connectivity index (χ3v) is 2.71. The fourth-order valence-corrected chi connectivity index (χ4v) is 1.92. The molecule has 2 aromatic rings. The van der Waals surface area contributed by atoms with Crippen LogP contribution in [0, 0.1) is 11.3 Å². The van der Waals surface area contributed by atoms with Crippen LogP contribution in [0.4, 0.5) is 0 Å². The summed E-state index contributed by atoms with van der Waals surface area (Å²) in [6.45, 7) is 0. The van der Waals surface area contributed by atoms with E-state index in [0.29, 0.717) is 12.2 Å². The first-order valence-corrected chi connectivity index (χ1v) is 4.81. The highest BCUT2D eigenvalue weighted by atomic mass is 32.1. The molecule has 0 aliphatic carbocycles. The molecule has 0 aliphatic rings. The molecule has 0 unspecified atom stereocenters. The largest absolute Gasteiger partial charge is 0.495 e. The first-order chi connectivity index (χ1) is 6.83. The van der Waals surface area contributed by atoms with Crippen molar-refractivity contribution in [3.8, 4) is 11.8 Å². The summed E-state index contributed by atoms with van der Waals surface area (Å²) in [7, 11) is 1.59. The van der Waals surface area contributed by atoms with E-state index in [1.54, 1.807) is 13.3 Å². The van der Waals surface area contributed by atoms with Crippen molar-refractivity contribution in [3.63, 3.8) is 0 Å². The van der Waals surface area contributed by atoms with Gasteiger partial charge in [-0.05, 0) is 0 Å². The van der Waals surface area contributed by atoms with E-state index >= 15 is 0 Å². The van der Waals surface area contributed by atoms with Gasteiger partial charge in [0.25, 0.3) is 0 Å². The van der Waals surface area contributed by atoms with Gasteiger partial charge in [-0.1, -0.05) is 11.3 Å². The van der Waals surface area contributed by atoms with Crippen LogP contribution in [0.25, 0.3) is 10.3 Å². The van der Waals surface area contributed by atoms with Crippen LogP contribution in [0.5, 0.6) is 5.75 Å². The van der Waals surface area contributed by atoms with Crippen LogP contribution in [0.15, 0.2) is 12.3 Å². The highest BCUT2D eigenvalue weighted by Gasteiger charge is 2.05. The van der Waals surface area contributed by atoms with Gasteiger partial charge in [0.05, 0.1) is 25.8 Å². The molecule has 0 saturated carbocycles. The highest BCUT2D eigenvalue weighted by molar-refractivity contribution is 7.18. The standard InChI is InChI=1S/C9H7N3OS/c1-13-6-4-7-9(11-5-6)14-8(12-7)2-3-10/h4-5H,2H2,1H3. The van der Waals surface area contributed by atoms with Gasteiger partial charge in [0, 0.05) is 6.07 Å². The number of rotatable bonds is 2. The summed E-state index contributed by atoms with van der Waals surface area (Å²) >= 11 is 1.44. The molecule has 0 fully saturated rings. The predicted octanol–water partition coefficient (Wildman–Crippen LogP) is 1.77. The van der Waals surface area contributed by atoms with Gasteiger partial charge in [0.1, 0.15) is 21.1 Å². The number of aromatic nitrogens is 2. The maximum absolute atomic E-state index is 8.52. The van der Waals surface area contributed by atoms with Crippen LogP contribution in [-0.4, -0.2) is 17.1 Å². The lowest BCUT2D eigenvalue weighted by Crippen LogP contribution is -1.83. The minimum atomic E-state index is 0.337. The first-order valence-electron chi connectivity index (χ1n) is 4.00. The van der Waals surface area contributed by atoms with Gasteiger partial charge in [0.15, 0.2) is 0 Å². The summed E-state index contributed by atoms with van der Waals surface area (Å²) in [6.07, 6.45) is 1.99. The molecule has 5 heteroatoms. The van der Waals surface area contributed by atoms with Crippen molar-refractivity contribution in [1.29, 1.82) is 5.26 Å². The van der Waals surface area contributed by atoms with E-state index < -0.39 is 0 Å². The van der Waals surface area contributed by atoms with Crippen molar-refractivity contribution in [1.82, 2.24) is 9.97 Å². The number of hydrogen-bond donors (Lipinski definition) is 0. The van der Waals surface area contributed by atoms with E-state index in [1.807, 2.05) is 6.07 Å². The number of fused-ring (bicyclic) bond motifs is 1. The topological polar surface area (TPSA) is 58.8 Å². The van der Waals surface area contributed by atoms with Crippen LogP contribution in [0.3, 0.4) is 0 Å². The number of hydrogen-bond acceptors (Lipinski definition) is 5. The molecule has 0 aromatic carbocycles. The van der Waals surface area contributed by atoms with Crippen LogP contribution in [0.1, 0.15) is 5.01 Å². The zero-order chi connectivity index (χ0) is 9.97. The Morgan fingerprint density at radius 1 is 1.64 bits per heavy atom. The molecule has 14 heavy (non-hydrogen) atoms. The van der Waals surface area contributed by atoms with E-state index in [9.17, 15) is 0 Å². The highest BCUT2D eigenvalue weighted by Crippen LogP contribution is 2.23. The molecule has 70 valence electrons. The second-order valence-corrected chi connectivity index (χ2v) is 3.70.